The molecule has 29 heavy (non-hydrogen) atoms. The van der Waals surface area contributed by atoms with Crippen molar-refractivity contribution in [1.29, 1.82) is 0 Å². The molecule has 1 saturated heterocycles. The van der Waals surface area contributed by atoms with Crippen LogP contribution in [0.25, 0.3) is 28.2 Å². The third kappa shape index (κ3) is 3.21. The van der Waals surface area contributed by atoms with Gasteiger partial charge in [0.05, 0.1) is 11.9 Å². The Labute approximate surface area is 165 Å². The molecule has 1 fully saturated rings. The number of rotatable bonds is 3. The summed E-state index contributed by atoms with van der Waals surface area (Å²) in [6.45, 7) is 3.47. The summed E-state index contributed by atoms with van der Waals surface area (Å²) in [5, 5.41) is 3.32. The standard InChI is InChI=1S/C21H18F2N6/c22-15-3-1-14(2-4-15)20-26-17-5-6-19(28-11-9-24-10-12-28)27-21(17)29(20)18-7-8-25-13-16(18)23/h1-8,13,24H,9-12H2. The van der Waals surface area contributed by atoms with Crippen molar-refractivity contribution in [1.82, 2.24) is 24.8 Å². The van der Waals surface area contributed by atoms with E-state index in [0.717, 1.165) is 38.2 Å². The van der Waals surface area contributed by atoms with Crippen LogP contribution < -0.4 is 10.2 Å². The van der Waals surface area contributed by atoms with E-state index in [2.05, 4.69) is 20.2 Å². The fourth-order valence-electron chi connectivity index (χ4n) is 3.59. The predicted octanol–water partition coefficient (Wildman–Crippen LogP) is 3.17. The fourth-order valence-corrected chi connectivity index (χ4v) is 3.59. The molecular formula is C21H18F2N6. The first kappa shape index (κ1) is 17.7. The molecular weight excluding hydrogens is 374 g/mol. The summed E-state index contributed by atoms with van der Waals surface area (Å²) in [6, 6.07) is 11.4. The minimum atomic E-state index is -0.482. The van der Waals surface area contributed by atoms with Gasteiger partial charge in [-0.2, -0.15) is 0 Å². The summed E-state index contributed by atoms with van der Waals surface area (Å²) in [4.78, 5) is 15.5. The first-order chi connectivity index (χ1) is 14.2. The van der Waals surface area contributed by atoms with Gasteiger partial charge < -0.3 is 10.2 Å². The van der Waals surface area contributed by atoms with E-state index in [1.165, 1.54) is 18.3 Å². The predicted molar refractivity (Wildman–Crippen MR) is 107 cm³/mol. The number of aromatic nitrogens is 4. The van der Waals surface area contributed by atoms with E-state index >= 15 is 0 Å². The Morgan fingerprint density at radius 1 is 0.897 bits per heavy atom. The highest BCUT2D eigenvalue weighted by atomic mass is 19.1. The smallest absolute Gasteiger partial charge is 0.167 e. The number of hydrogen-bond donors (Lipinski definition) is 1. The van der Waals surface area contributed by atoms with Crippen molar-refractivity contribution >= 4 is 17.0 Å². The van der Waals surface area contributed by atoms with Crippen molar-refractivity contribution in [3.63, 3.8) is 0 Å². The zero-order valence-corrected chi connectivity index (χ0v) is 15.5. The van der Waals surface area contributed by atoms with Crippen molar-refractivity contribution in [3.05, 3.63) is 66.5 Å². The van der Waals surface area contributed by atoms with Gasteiger partial charge in [0.25, 0.3) is 0 Å². The monoisotopic (exact) mass is 392 g/mol. The Morgan fingerprint density at radius 3 is 2.45 bits per heavy atom. The maximum atomic E-state index is 14.7. The van der Waals surface area contributed by atoms with Gasteiger partial charge >= 0.3 is 0 Å². The Morgan fingerprint density at radius 2 is 1.69 bits per heavy atom. The molecule has 0 unspecified atom stereocenters. The quantitative estimate of drug-likeness (QED) is 0.580. The number of benzene rings is 1. The first-order valence-corrected chi connectivity index (χ1v) is 9.42. The van der Waals surface area contributed by atoms with Crippen LogP contribution in [0.1, 0.15) is 0 Å². The first-order valence-electron chi connectivity index (χ1n) is 9.42. The van der Waals surface area contributed by atoms with Crippen LogP contribution >= 0.6 is 0 Å². The van der Waals surface area contributed by atoms with Crippen LogP contribution in [0.2, 0.25) is 0 Å². The number of halogens is 2. The van der Waals surface area contributed by atoms with Gasteiger partial charge in [-0.15, -0.1) is 0 Å². The van der Waals surface area contributed by atoms with Crippen molar-refractivity contribution in [2.75, 3.05) is 31.1 Å². The highest BCUT2D eigenvalue weighted by Crippen LogP contribution is 2.30. The molecule has 0 radical (unpaired) electrons. The Kier molecular flexibility index (Phi) is 4.40. The molecule has 146 valence electrons. The maximum Gasteiger partial charge on any atom is 0.167 e. The van der Waals surface area contributed by atoms with Crippen LogP contribution in [0.5, 0.6) is 0 Å². The van der Waals surface area contributed by atoms with Crippen LogP contribution in [0.15, 0.2) is 54.9 Å². The Balaban J connectivity index is 1.74. The van der Waals surface area contributed by atoms with Gasteiger partial charge in [0.2, 0.25) is 0 Å². The highest BCUT2D eigenvalue weighted by molar-refractivity contribution is 5.81. The summed E-state index contributed by atoms with van der Waals surface area (Å²) in [5.74, 6) is 0.491. The van der Waals surface area contributed by atoms with Gasteiger partial charge in [0.1, 0.15) is 23.0 Å². The van der Waals surface area contributed by atoms with Gasteiger partial charge in [-0.25, -0.2) is 18.7 Å². The third-order valence-electron chi connectivity index (χ3n) is 5.03. The molecule has 1 aliphatic heterocycles. The molecule has 8 heteroatoms. The second-order valence-electron chi connectivity index (χ2n) is 6.85. The minimum absolute atomic E-state index is 0.298. The lowest BCUT2D eigenvalue weighted by Crippen LogP contribution is -2.43. The average Bonchev–Trinajstić information content (AvgIpc) is 3.14. The van der Waals surface area contributed by atoms with Crippen molar-refractivity contribution in [2.24, 2.45) is 0 Å². The summed E-state index contributed by atoms with van der Waals surface area (Å²) >= 11 is 0. The second kappa shape index (κ2) is 7.21. The summed E-state index contributed by atoms with van der Waals surface area (Å²) in [7, 11) is 0. The fraction of sp³-hybridized carbons (Fsp3) is 0.190. The molecule has 6 nitrogen and oxygen atoms in total. The summed E-state index contributed by atoms with van der Waals surface area (Å²) in [5.41, 5.74) is 2.15. The molecule has 1 N–H and O–H groups in total. The number of fused-ring (bicyclic) bond motifs is 1. The second-order valence-corrected chi connectivity index (χ2v) is 6.85. The largest absolute Gasteiger partial charge is 0.354 e. The van der Waals surface area contributed by atoms with E-state index in [4.69, 9.17) is 4.98 Å². The van der Waals surface area contributed by atoms with Gasteiger partial charge in [-0.3, -0.25) is 9.55 Å². The molecule has 4 aromatic rings. The lowest BCUT2D eigenvalue weighted by molar-refractivity contribution is 0.585. The number of nitrogens with zero attached hydrogens (tertiary/aromatic N) is 5. The molecule has 3 aromatic heterocycles. The molecule has 1 aromatic carbocycles. The zero-order chi connectivity index (χ0) is 19.8. The van der Waals surface area contributed by atoms with Crippen molar-refractivity contribution < 1.29 is 8.78 Å². The number of hydrogen-bond acceptors (Lipinski definition) is 5. The van der Waals surface area contributed by atoms with E-state index in [9.17, 15) is 8.78 Å². The minimum Gasteiger partial charge on any atom is -0.354 e. The van der Waals surface area contributed by atoms with Crippen molar-refractivity contribution in [2.45, 2.75) is 0 Å². The normalized spacial score (nSPS) is 14.5. The molecule has 0 atom stereocenters. The van der Waals surface area contributed by atoms with E-state index in [-0.39, 0.29) is 5.82 Å². The molecule has 0 spiro atoms. The Hall–Kier alpha value is -3.39. The van der Waals surface area contributed by atoms with Gasteiger partial charge in [-0.1, -0.05) is 0 Å². The topological polar surface area (TPSA) is 58.9 Å². The zero-order valence-electron chi connectivity index (χ0n) is 15.5. The third-order valence-corrected chi connectivity index (χ3v) is 5.03. The number of imidazole rings is 1. The van der Waals surface area contributed by atoms with Crippen LogP contribution in [0.3, 0.4) is 0 Å². The maximum absolute atomic E-state index is 14.7. The lowest BCUT2D eigenvalue weighted by Gasteiger charge is -2.28. The van der Waals surface area contributed by atoms with E-state index in [1.54, 1.807) is 22.8 Å². The van der Waals surface area contributed by atoms with Crippen LogP contribution in [0.4, 0.5) is 14.6 Å². The SMILES string of the molecule is Fc1ccc(-c2nc3ccc(N4CCNCC4)nc3n2-c2ccncc2F)cc1. The molecule has 4 heterocycles. The van der Waals surface area contributed by atoms with Crippen LogP contribution in [0, 0.1) is 11.6 Å². The molecule has 0 aliphatic carbocycles. The molecule has 0 amide bonds. The molecule has 1 aliphatic rings. The van der Waals surface area contributed by atoms with E-state index in [1.807, 2.05) is 12.1 Å². The van der Waals surface area contributed by atoms with Crippen LogP contribution in [-0.2, 0) is 0 Å². The van der Waals surface area contributed by atoms with Gasteiger partial charge in [0, 0.05) is 37.9 Å². The number of anilines is 1. The lowest BCUT2D eigenvalue weighted by atomic mass is 10.2. The highest BCUT2D eigenvalue weighted by Gasteiger charge is 2.20. The summed E-state index contributed by atoms with van der Waals surface area (Å²) < 4.78 is 29.8. The number of nitrogens with one attached hydrogen (secondary N) is 1. The Bertz CT molecular complexity index is 1170. The number of pyridine rings is 2. The van der Waals surface area contributed by atoms with Gasteiger partial charge in [-0.05, 0) is 42.5 Å². The van der Waals surface area contributed by atoms with Crippen LogP contribution in [-0.4, -0.2) is 45.7 Å². The van der Waals surface area contributed by atoms with E-state index in [0.29, 0.717) is 28.2 Å². The average molecular weight is 392 g/mol. The summed E-state index contributed by atoms with van der Waals surface area (Å²) in [6.07, 6.45) is 2.69. The molecule has 5 rings (SSSR count). The van der Waals surface area contributed by atoms with Crippen molar-refractivity contribution in [3.8, 4) is 17.1 Å². The molecule has 0 bridgehead atoms. The molecule has 0 saturated carbocycles. The van der Waals surface area contributed by atoms with Gasteiger partial charge in [0.15, 0.2) is 11.5 Å². The number of piperazine rings is 1. The van der Waals surface area contributed by atoms with E-state index < -0.39 is 5.82 Å².